The number of ether oxygens (including phenoxy) is 1. The highest BCUT2D eigenvalue weighted by Crippen LogP contribution is 2.41. The molecular weight excluding hydrogens is 284 g/mol. The molecule has 1 fully saturated rings. The van der Waals surface area contributed by atoms with Gasteiger partial charge < -0.3 is 9.30 Å². The van der Waals surface area contributed by atoms with Crippen LogP contribution in [0, 0.1) is 11.8 Å². The normalized spacial score (nSPS) is 22.8. The summed E-state index contributed by atoms with van der Waals surface area (Å²) in [6, 6.07) is 6.14. The van der Waals surface area contributed by atoms with Gasteiger partial charge >= 0.3 is 0 Å². The fourth-order valence-electron chi connectivity index (χ4n) is 2.87. The summed E-state index contributed by atoms with van der Waals surface area (Å²) in [5.74, 6) is 3.37. The minimum Gasteiger partial charge on any atom is -0.489 e. The molecule has 3 atom stereocenters. The van der Waals surface area contributed by atoms with Crippen LogP contribution >= 0.6 is 11.6 Å². The second-order valence-corrected chi connectivity index (χ2v) is 7.11. The molecule has 0 aliphatic heterocycles. The number of para-hydroxylation sites is 1. The van der Waals surface area contributed by atoms with E-state index in [0.29, 0.717) is 0 Å². The minimum atomic E-state index is -0.0987. The summed E-state index contributed by atoms with van der Waals surface area (Å²) in [5.41, 5.74) is 2.07. The molecule has 4 heteroatoms. The predicted octanol–water partition coefficient (Wildman–Crippen LogP) is 4.78. The van der Waals surface area contributed by atoms with Crippen LogP contribution in [-0.2, 0) is 6.54 Å². The first kappa shape index (κ1) is 14.7. The third-order valence-electron chi connectivity index (χ3n) is 4.18. The third-order valence-corrected chi connectivity index (χ3v) is 4.38. The van der Waals surface area contributed by atoms with Gasteiger partial charge in [0.1, 0.15) is 17.1 Å². The summed E-state index contributed by atoms with van der Waals surface area (Å²) >= 11 is 6.35. The summed E-state index contributed by atoms with van der Waals surface area (Å²) in [6.07, 6.45) is 1.44. The van der Waals surface area contributed by atoms with Crippen molar-refractivity contribution in [2.24, 2.45) is 11.8 Å². The van der Waals surface area contributed by atoms with E-state index in [2.05, 4.69) is 17.6 Å². The first-order valence-corrected chi connectivity index (χ1v) is 8.21. The molecule has 114 valence electrons. The Labute approximate surface area is 131 Å². The van der Waals surface area contributed by atoms with Crippen molar-refractivity contribution in [3.63, 3.8) is 0 Å². The van der Waals surface area contributed by atoms with Crippen molar-refractivity contribution in [1.29, 1.82) is 0 Å². The molecule has 0 N–H and O–H groups in total. The zero-order valence-electron chi connectivity index (χ0n) is 13.1. The Morgan fingerprint density at radius 3 is 2.67 bits per heavy atom. The first-order chi connectivity index (χ1) is 9.97. The van der Waals surface area contributed by atoms with Gasteiger partial charge in [-0.05, 0) is 51.2 Å². The molecule has 1 heterocycles. The van der Waals surface area contributed by atoms with Gasteiger partial charge in [0.2, 0.25) is 0 Å². The van der Waals surface area contributed by atoms with Gasteiger partial charge in [0.15, 0.2) is 0 Å². The lowest BCUT2D eigenvalue weighted by Crippen LogP contribution is -2.07. The molecule has 1 saturated carbocycles. The number of aromatic nitrogens is 2. The van der Waals surface area contributed by atoms with E-state index in [9.17, 15) is 0 Å². The fourth-order valence-corrected chi connectivity index (χ4v) is 3.04. The molecule has 1 aliphatic rings. The molecule has 0 spiro atoms. The maximum Gasteiger partial charge on any atom is 0.147 e. The molecule has 21 heavy (non-hydrogen) atoms. The van der Waals surface area contributed by atoms with Crippen molar-refractivity contribution < 1.29 is 4.74 Å². The number of fused-ring (bicyclic) bond motifs is 1. The Balaban J connectivity index is 2.08. The van der Waals surface area contributed by atoms with Crippen LogP contribution in [0.3, 0.4) is 0 Å². The molecule has 3 nitrogen and oxygen atoms in total. The van der Waals surface area contributed by atoms with Gasteiger partial charge in [0.25, 0.3) is 0 Å². The highest BCUT2D eigenvalue weighted by Gasteiger charge is 2.34. The van der Waals surface area contributed by atoms with Crippen LogP contribution in [0.5, 0.6) is 5.75 Å². The van der Waals surface area contributed by atoms with Crippen molar-refractivity contribution >= 4 is 22.6 Å². The zero-order chi connectivity index (χ0) is 15.1. The Morgan fingerprint density at radius 2 is 2.10 bits per heavy atom. The van der Waals surface area contributed by atoms with Gasteiger partial charge in [-0.25, -0.2) is 4.98 Å². The minimum absolute atomic E-state index is 0.0987. The van der Waals surface area contributed by atoms with Crippen LogP contribution in [-0.4, -0.2) is 15.7 Å². The van der Waals surface area contributed by atoms with E-state index in [-0.39, 0.29) is 11.5 Å². The molecule has 2 aromatic rings. The monoisotopic (exact) mass is 306 g/mol. The Hall–Kier alpha value is -1.22. The molecule has 0 bridgehead atoms. The summed E-state index contributed by atoms with van der Waals surface area (Å²) in [5, 5.41) is -0.0987. The first-order valence-electron chi connectivity index (χ1n) is 7.77. The van der Waals surface area contributed by atoms with E-state index < -0.39 is 0 Å². The van der Waals surface area contributed by atoms with Crippen molar-refractivity contribution in [3.8, 4) is 5.75 Å². The topological polar surface area (TPSA) is 27.1 Å². The van der Waals surface area contributed by atoms with E-state index in [1.807, 2.05) is 32.9 Å². The van der Waals surface area contributed by atoms with Gasteiger partial charge in [0, 0.05) is 6.54 Å². The number of imidazole rings is 1. The average molecular weight is 307 g/mol. The lowest BCUT2D eigenvalue weighted by atomic mass is 10.2. The molecule has 0 amide bonds. The van der Waals surface area contributed by atoms with Crippen molar-refractivity contribution in [1.82, 2.24) is 9.55 Å². The Bertz CT molecular complexity index is 648. The number of alkyl halides is 1. The van der Waals surface area contributed by atoms with E-state index in [4.69, 9.17) is 21.3 Å². The van der Waals surface area contributed by atoms with Crippen molar-refractivity contribution in [3.05, 3.63) is 24.0 Å². The van der Waals surface area contributed by atoms with Crippen LogP contribution in [0.4, 0.5) is 0 Å². The van der Waals surface area contributed by atoms with Gasteiger partial charge in [-0.1, -0.05) is 13.0 Å². The largest absolute Gasteiger partial charge is 0.489 e. The third kappa shape index (κ3) is 2.89. The quantitative estimate of drug-likeness (QED) is 0.743. The van der Waals surface area contributed by atoms with Crippen LogP contribution in [0.1, 0.15) is 45.3 Å². The predicted molar refractivity (Wildman–Crippen MR) is 87.0 cm³/mol. The van der Waals surface area contributed by atoms with Crippen LogP contribution in [0.25, 0.3) is 11.0 Å². The number of hydrogen-bond acceptors (Lipinski definition) is 2. The maximum atomic E-state index is 6.35. The molecule has 0 radical (unpaired) electrons. The van der Waals surface area contributed by atoms with Gasteiger partial charge in [-0.3, -0.25) is 0 Å². The van der Waals surface area contributed by atoms with E-state index in [0.717, 1.165) is 41.0 Å². The molecular formula is C17H23ClN2O. The number of hydrogen-bond donors (Lipinski definition) is 0. The molecule has 1 aromatic heterocycles. The number of rotatable bonds is 5. The molecule has 1 aliphatic carbocycles. The standard InChI is InChI=1S/C17H23ClN2O/c1-10(2)21-15-7-5-6-14-16(15)19-17(12(4)18)20(14)9-13-8-11(13)3/h5-7,10-13H,8-9H2,1-4H3. The van der Waals surface area contributed by atoms with Crippen LogP contribution in [0.2, 0.25) is 0 Å². The molecule has 1 aromatic carbocycles. The number of nitrogens with zero attached hydrogens (tertiary/aromatic N) is 2. The van der Waals surface area contributed by atoms with Gasteiger partial charge in [0.05, 0.1) is 17.0 Å². The van der Waals surface area contributed by atoms with Crippen molar-refractivity contribution in [2.75, 3.05) is 0 Å². The fraction of sp³-hybridized carbons (Fsp3) is 0.588. The summed E-state index contributed by atoms with van der Waals surface area (Å²) in [4.78, 5) is 4.78. The lowest BCUT2D eigenvalue weighted by Gasteiger charge is -2.11. The second kappa shape index (κ2) is 5.53. The summed E-state index contributed by atoms with van der Waals surface area (Å²) in [6.45, 7) is 9.37. The van der Waals surface area contributed by atoms with E-state index in [1.165, 1.54) is 6.42 Å². The number of halogens is 1. The average Bonchev–Trinajstić information content (AvgIpc) is 2.96. The van der Waals surface area contributed by atoms with E-state index in [1.54, 1.807) is 0 Å². The van der Waals surface area contributed by atoms with E-state index >= 15 is 0 Å². The Kier molecular flexibility index (Phi) is 3.87. The molecule has 3 unspecified atom stereocenters. The molecule has 3 rings (SSSR count). The van der Waals surface area contributed by atoms with Gasteiger partial charge in [-0.15, -0.1) is 11.6 Å². The summed E-state index contributed by atoms with van der Waals surface area (Å²) in [7, 11) is 0. The SMILES string of the molecule is CC(C)Oc1cccc2c1nc(C(C)Cl)n2CC1CC1C. The maximum absolute atomic E-state index is 6.35. The van der Waals surface area contributed by atoms with Crippen molar-refractivity contribution in [2.45, 2.75) is 52.1 Å². The molecule has 0 saturated heterocycles. The zero-order valence-corrected chi connectivity index (χ0v) is 13.9. The van der Waals surface area contributed by atoms with Crippen LogP contribution in [0.15, 0.2) is 18.2 Å². The number of benzene rings is 1. The highest BCUT2D eigenvalue weighted by atomic mass is 35.5. The van der Waals surface area contributed by atoms with Crippen LogP contribution < -0.4 is 4.74 Å². The second-order valence-electron chi connectivity index (χ2n) is 6.46. The smallest absolute Gasteiger partial charge is 0.147 e. The Morgan fingerprint density at radius 1 is 1.38 bits per heavy atom. The lowest BCUT2D eigenvalue weighted by molar-refractivity contribution is 0.245. The highest BCUT2D eigenvalue weighted by molar-refractivity contribution is 6.20. The summed E-state index contributed by atoms with van der Waals surface area (Å²) < 4.78 is 8.18. The van der Waals surface area contributed by atoms with Gasteiger partial charge in [-0.2, -0.15) is 0 Å².